The van der Waals surface area contributed by atoms with Crippen molar-refractivity contribution in [2.24, 2.45) is 0 Å². The van der Waals surface area contributed by atoms with E-state index in [-0.39, 0.29) is 10.6 Å². The Hall–Kier alpha value is -3.39. The molecule has 0 amide bonds. The summed E-state index contributed by atoms with van der Waals surface area (Å²) < 4.78 is 45.2. The molecule has 0 bridgehead atoms. The summed E-state index contributed by atoms with van der Waals surface area (Å²) >= 11 is 0. The zero-order chi connectivity index (χ0) is 20.1. The Morgan fingerprint density at radius 3 is 2.04 bits per heavy atom. The molecule has 0 aliphatic carbocycles. The third-order valence-electron chi connectivity index (χ3n) is 3.78. The highest BCUT2D eigenvalue weighted by Gasteiger charge is 2.27. The molecule has 6 nitrogen and oxygen atoms in total. The minimum atomic E-state index is -4.19. The maximum absolute atomic E-state index is 13.1. The van der Waals surface area contributed by atoms with Gasteiger partial charge in [0.15, 0.2) is 0 Å². The Balaban J connectivity index is 1.91. The molecule has 0 aromatic heterocycles. The Kier molecular flexibility index (Phi) is 5.60. The van der Waals surface area contributed by atoms with Crippen LogP contribution < -0.4 is 9.04 Å². The van der Waals surface area contributed by atoms with Crippen LogP contribution in [0, 0.1) is 5.82 Å². The van der Waals surface area contributed by atoms with Crippen molar-refractivity contribution in [1.82, 2.24) is 0 Å². The molecule has 0 spiro atoms. The average Bonchev–Trinajstić information content (AvgIpc) is 2.68. The number of anilines is 1. The highest BCUT2D eigenvalue weighted by molar-refractivity contribution is 7.92. The molecule has 144 valence electrons. The summed E-state index contributed by atoms with van der Waals surface area (Å²) in [5.41, 5.74) is 0.145. The highest BCUT2D eigenvalue weighted by atomic mass is 32.2. The summed E-state index contributed by atoms with van der Waals surface area (Å²) in [5, 5.41) is 9.16. The van der Waals surface area contributed by atoms with Gasteiger partial charge in [0.25, 0.3) is 10.0 Å². The first-order valence-electron chi connectivity index (χ1n) is 8.19. The fourth-order valence-corrected chi connectivity index (χ4v) is 3.89. The van der Waals surface area contributed by atoms with Crippen LogP contribution in [0.3, 0.4) is 0 Å². The van der Waals surface area contributed by atoms with Gasteiger partial charge in [0, 0.05) is 0 Å². The van der Waals surface area contributed by atoms with E-state index in [1.807, 2.05) is 18.2 Å². The molecule has 0 aliphatic heterocycles. The molecule has 8 heteroatoms. The maximum atomic E-state index is 13.1. The van der Waals surface area contributed by atoms with E-state index in [1.54, 1.807) is 12.1 Å². The number of sulfonamides is 1. The van der Waals surface area contributed by atoms with E-state index < -0.39 is 28.4 Å². The van der Waals surface area contributed by atoms with E-state index in [4.69, 9.17) is 9.84 Å². The van der Waals surface area contributed by atoms with Gasteiger partial charge in [-0.2, -0.15) is 0 Å². The predicted octanol–water partition coefficient (Wildman–Crippen LogP) is 3.90. The number of carboxylic acids is 1. The zero-order valence-corrected chi connectivity index (χ0v) is 15.3. The quantitative estimate of drug-likeness (QED) is 0.649. The molecule has 3 aromatic carbocycles. The van der Waals surface area contributed by atoms with Gasteiger partial charge >= 0.3 is 5.97 Å². The largest absolute Gasteiger partial charge is 0.480 e. The second kappa shape index (κ2) is 8.10. The molecule has 3 rings (SSSR count). The predicted molar refractivity (Wildman–Crippen MR) is 102 cm³/mol. The van der Waals surface area contributed by atoms with E-state index in [1.165, 1.54) is 24.3 Å². The van der Waals surface area contributed by atoms with E-state index >= 15 is 0 Å². The summed E-state index contributed by atoms with van der Waals surface area (Å²) in [6.45, 7) is -0.779. The molecule has 0 unspecified atom stereocenters. The summed E-state index contributed by atoms with van der Waals surface area (Å²) in [7, 11) is -4.19. The van der Waals surface area contributed by atoms with Gasteiger partial charge in [-0.05, 0) is 60.7 Å². The number of carboxylic acid groups (broad SMARTS) is 1. The topological polar surface area (TPSA) is 83.9 Å². The molecule has 0 heterocycles. The van der Waals surface area contributed by atoms with Crippen molar-refractivity contribution in [2.75, 3.05) is 10.8 Å². The smallest absolute Gasteiger partial charge is 0.324 e. The highest BCUT2D eigenvalue weighted by Crippen LogP contribution is 2.28. The van der Waals surface area contributed by atoms with Gasteiger partial charge in [0.2, 0.25) is 0 Å². The number of hydrogen-bond acceptors (Lipinski definition) is 4. The molecule has 0 saturated carbocycles. The van der Waals surface area contributed by atoms with E-state index in [0.717, 1.165) is 28.6 Å². The van der Waals surface area contributed by atoms with Crippen LogP contribution in [-0.2, 0) is 14.8 Å². The van der Waals surface area contributed by atoms with E-state index in [0.29, 0.717) is 11.5 Å². The van der Waals surface area contributed by atoms with Gasteiger partial charge in [-0.1, -0.05) is 18.2 Å². The summed E-state index contributed by atoms with van der Waals surface area (Å²) in [6, 6.07) is 19.2. The Bertz CT molecular complexity index is 1050. The van der Waals surface area contributed by atoms with Crippen molar-refractivity contribution in [2.45, 2.75) is 4.90 Å². The molecule has 0 fully saturated rings. The van der Waals surface area contributed by atoms with Crippen molar-refractivity contribution in [3.8, 4) is 11.5 Å². The molecule has 0 radical (unpaired) electrons. The van der Waals surface area contributed by atoms with Crippen LogP contribution in [0.2, 0.25) is 0 Å². The first kappa shape index (κ1) is 19.4. The Morgan fingerprint density at radius 2 is 1.46 bits per heavy atom. The number of ether oxygens (including phenoxy) is 1. The second-order valence-corrected chi connectivity index (χ2v) is 7.63. The molecule has 0 aliphatic rings. The number of rotatable bonds is 7. The van der Waals surface area contributed by atoms with Gasteiger partial charge in [-0.25, -0.2) is 12.8 Å². The average molecular weight is 401 g/mol. The molecular formula is C20H16FNO5S. The minimum absolute atomic E-state index is 0.145. The van der Waals surface area contributed by atoms with E-state index in [2.05, 4.69) is 0 Å². The lowest BCUT2D eigenvalue weighted by atomic mass is 10.3. The molecule has 28 heavy (non-hydrogen) atoms. The van der Waals surface area contributed by atoms with Crippen molar-refractivity contribution in [1.29, 1.82) is 0 Å². The summed E-state index contributed by atoms with van der Waals surface area (Å²) in [4.78, 5) is 11.0. The third kappa shape index (κ3) is 4.47. The lowest BCUT2D eigenvalue weighted by Crippen LogP contribution is -2.35. The summed E-state index contributed by atoms with van der Waals surface area (Å²) in [6.07, 6.45) is 0. The van der Waals surface area contributed by atoms with Gasteiger partial charge < -0.3 is 9.84 Å². The van der Waals surface area contributed by atoms with Gasteiger partial charge in [0.05, 0.1) is 10.6 Å². The Labute approximate surface area is 161 Å². The number of carbonyl (C=O) groups is 1. The lowest BCUT2D eigenvalue weighted by molar-refractivity contribution is -0.135. The first-order chi connectivity index (χ1) is 13.4. The van der Waals surface area contributed by atoms with Crippen LogP contribution in [0.15, 0.2) is 83.8 Å². The van der Waals surface area contributed by atoms with Crippen molar-refractivity contribution in [3.05, 3.63) is 84.7 Å². The fraction of sp³-hybridized carbons (Fsp3) is 0.0500. The number of nitrogens with zero attached hydrogens (tertiary/aromatic N) is 1. The van der Waals surface area contributed by atoms with Crippen LogP contribution in [0.1, 0.15) is 0 Å². The SMILES string of the molecule is O=C(O)CN(c1ccc(Oc2ccccc2)cc1)S(=O)(=O)c1ccc(F)cc1. The van der Waals surface area contributed by atoms with Gasteiger partial charge in [-0.3, -0.25) is 9.10 Å². The first-order valence-corrected chi connectivity index (χ1v) is 9.63. The number of para-hydroxylation sites is 1. The normalized spacial score (nSPS) is 11.0. The lowest BCUT2D eigenvalue weighted by Gasteiger charge is -2.23. The summed E-state index contributed by atoms with van der Waals surface area (Å²) in [5.74, 6) is -0.845. The molecular weight excluding hydrogens is 385 g/mol. The van der Waals surface area contributed by atoms with Crippen LogP contribution >= 0.6 is 0 Å². The molecule has 0 saturated heterocycles. The number of halogens is 1. The molecule has 3 aromatic rings. The van der Waals surface area contributed by atoms with Crippen molar-refractivity contribution in [3.63, 3.8) is 0 Å². The number of hydrogen-bond donors (Lipinski definition) is 1. The standard InChI is InChI=1S/C20H16FNO5S/c21-15-6-12-19(13-7-15)28(25,26)22(14-20(23)24)16-8-10-18(11-9-16)27-17-4-2-1-3-5-17/h1-13H,14H2,(H,23,24). The van der Waals surface area contributed by atoms with Gasteiger partial charge in [0.1, 0.15) is 23.9 Å². The van der Waals surface area contributed by atoms with Crippen molar-refractivity contribution < 1.29 is 27.4 Å². The van der Waals surface area contributed by atoms with Crippen LogP contribution in [-0.4, -0.2) is 26.0 Å². The maximum Gasteiger partial charge on any atom is 0.324 e. The van der Waals surface area contributed by atoms with E-state index in [9.17, 15) is 17.6 Å². The molecule has 1 N–H and O–H groups in total. The molecule has 0 atom stereocenters. The van der Waals surface area contributed by atoms with Crippen LogP contribution in [0.25, 0.3) is 0 Å². The minimum Gasteiger partial charge on any atom is -0.480 e. The van der Waals surface area contributed by atoms with Crippen LogP contribution in [0.4, 0.5) is 10.1 Å². The zero-order valence-electron chi connectivity index (χ0n) is 14.5. The van der Waals surface area contributed by atoms with Gasteiger partial charge in [-0.15, -0.1) is 0 Å². The third-order valence-corrected chi connectivity index (χ3v) is 5.57. The Morgan fingerprint density at radius 1 is 0.893 bits per heavy atom. The monoisotopic (exact) mass is 401 g/mol. The fourth-order valence-electron chi connectivity index (χ4n) is 2.48. The van der Waals surface area contributed by atoms with Crippen LogP contribution in [0.5, 0.6) is 11.5 Å². The second-order valence-electron chi connectivity index (χ2n) is 5.77. The number of benzene rings is 3. The van der Waals surface area contributed by atoms with Crippen molar-refractivity contribution >= 4 is 21.7 Å². The number of aliphatic carboxylic acids is 1.